The Balaban J connectivity index is 1.50. The average Bonchev–Trinajstić information content (AvgIpc) is 2.85. The summed E-state index contributed by atoms with van der Waals surface area (Å²) in [5.41, 5.74) is 5.79. The summed E-state index contributed by atoms with van der Waals surface area (Å²) >= 11 is 0. The highest BCUT2D eigenvalue weighted by Gasteiger charge is 2.51. The van der Waals surface area contributed by atoms with Crippen molar-refractivity contribution in [2.45, 2.75) is 70.6 Å². The molecule has 7 nitrogen and oxygen atoms in total. The second-order valence-corrected chi connectivity index (χ2v) is 8.50. The molecule has 1 aromatic rings. The van der Waals surface area contributed by atoms with Gasteiger partial charge < -0.3 is 19.8 Å². The lowest BCUT2D eigenvalue weighted by atomic mass is 9.81. The van der Waals surface area contributed by atoms with Crippen LogP contribution in [0.15, 0.2) is 12.4 Å². The van der Waals surface area contributed by atoms with E-state index in [9.17, 15) is 0 Å². The summed E-state index contributed by atoms with van der Waals surface area (Å²) in [5, 5.41) is 0. The predicted octanol–water partition coefficient (Wildman–Crippen LogP) is 1.36. The van der Waals surface area contributed by atoms with Gasteiger partial charge in [-0.15, -0.1) is 0 Å². The van der Waals surface area contributed by atoms with Crippen LogP contribution >= 0.6 is 0 Å². The maximum absolute atomic E-state index is 6.03. The molecule has 150 valence electrons. The van der Waals surface area contributed by atoms with E-state index in [4.69, 9.17) is 19.8 Å². The largest absolute Gasteiger partial charge is 0.498 e. The molecule has 1 aromatic heterocycles. The lowest BCUT2D eigenvalue weighted by molar-refractivity contribution is 0.00578. The highest BCUT2D eigenvalue weighted by Crippen LogP contribution is 2.36. The summed E-state index contributed by atoms with van der Waals surface area (Å²) in [6, 6.07) is 0.947. The van der Waals surface area contributed by atoms with Crippen LogP contribution < -0.4 is 15.9 Å². The molecular weight excluding hydrogens is 343 g/mol. The molecule has 1 atom stereocenters. The molecule has 2 fully saturated rings. The minimum atomic E-state index is -0.448. The fraction of sp³-hybridized carbons (Fsp3) is 0.789. The summed E-state index contributed by atoms with van der Waals surface area (Å²) in [7, 11) is -0.448. The molecule has 2 N–H and O–H groups in total. The Morgan fingerprint density at radius 1 is 1.19 bits per heavy atom. The summed E-state index contributed by atoms with van der Waals surface area (Å²) in [4.78, 5) is 11.1. The van der Waals surface area contributed by atoms with Gasteiger partial charge in [-0.25, -0.2) is 9.97 Å². The fourth-order valence-corrected chi connectivity index (χ4v) is 3.63. The van der Waals surface area contributed by atoms with Gasteiger partial charge >= 0.3 is 13.1 Å². The second-order valence-electron chi connectivity index (χ2n) is 8.50. The zero-order chi connectivity index (χ0) is 19.5. The van der Waals surface area contributed by atoms with Crippen molar-refractivity contribution in [1.29, 1.82) is 0 Å². The molecule has 0 spiro atoms. The number of rotatable bonds is 7. The van der Waals surface area contributed by atoms with E-state index in [1.54, 1.807) is 12.4 Å². The zero-order valence-corrected chi connectivity index (χ0v) is 17.1. The molecule has 0 bridgehead atoms. The first kappa shape index (κ1) is 20.5. The monoisotopic (exact) mass is 376 g/mol. The van der Waals surface area contributed by atoms with Gasteiger partial charge in [0.2, 0.25) is 0 Å². The third kappa shape index (κ3) is 4.80. The SMILES string of the molecule is CC1(C)OB(c2cnc(OCCC3CCCCN3CCN)nc2)OC1(C)C. The Morgan fingerprint density at radius 3 is 2.48 bits per heavy atom. The highest BCUT2D eigenvalue weighted by molar-refractivity contribution is 6.61. The molecule has 1 unspecified atom stereocenters. The quantitative estimate of drug-likeness (QED) is 0.720. The first-order valence-electron chi connectivity index (χ1n) is 10.1. The van der Waals surface area contributed by atoms with Gasteiger partial charge in [0.1, 0.15) is 0 Å². The molecule has 2 saturated heterocycles. The molecular formula is C19H33BN4O3. The smallest absolute Gasteiger partial charge is 0.463 e. The number of aromatic nitrogens is 2. The number of hydrogen-bond acceptors (Lipinski definition) is 7. The molecule has 3 heterocycles. The van der Waals surface area contributed by atoms with Crippen LogP contribution in [0.25, 0.3) is 0 Å². The molecule has 8 heteroatoms. The van der Waals surface area contributed by atoms with E-state index in [2.05, 4.69) is 14.9 Å². The Bertz CT molecular complexity index is 593. The van der Waals surface area contributed by atoms with E-state index in [0.717, 1.165) is 25.0 Å². The molecule has 0 saturated carbocycles. The molecule has 0 radical (unpaired) electrons. The number of likely N-dealkylation sites (tertiary alicyclic amines) is 1. The number of hydrogen-bond donors (Lipinski definition) is 1. The zero-order valence-electron chi connectivity index (χ0n) is 17.1. The van der Waals surface area contributed by atoms with Gasteiger partial charge in [0.25, 0.3) is 0 Å². The Morgan fingerprint density at radius 2 is 1.85 bits per heavy atom. The summed E-state index contributed by atoms with van der Waals surface area (Å²) < 4.78 is 17.8. The van der Waals surface area contributed by atoms with Crippen molar-refractivity contribution in [2.24, 2.45) is 5.73 Å². The Kier molecular flexibility index (Phi) is 6.41. The summed E-state index contributed by atoms with van der Waals surface area (Å²) in [5.74, 6) is 0. The van der Waals surface area contributed by atoms with E-state index in [1.165, 1.54) is 19.3 Å². The van der Waals surface area contributed by atoms with E-state index in [-0.39, 0.29) is 11.2 Å². The van der Waals surface area contributed by atoms with Crippen molar-refractivity contribution >= 4 is 12.6 Å². The van der Waals surface area contributed by atoms with Gasteiger partial charge in [0.05, 0.1) is 17.8 Å². The van der Waals surface area contributed by atoms with Gasteiger partial charge in [0.15, 0.2) is 0 Å². The van der Waals surface area contributed by atoms with E-state index in [1.807, 2.05) is 27.7 Å². The minimum absolute atomic E-state index is 0.373. The topological polar surface area (TPSA) is 82.7 Å². The molecule has 0 aliphatic carbocycles. The molecule has 0 aromatic carbocycles. The normalized spacial score (nSPS) is 24.9. The second kappa shape index (κ2) is 8.43. The van der Waals surface area contributed by atoms with Crippen molar-refractivity contribution in [2.75, 3.05) is 26.2 Å². The van der Waals surface area contributed by atoms with Crippen LogP contribution in [0.2, 0.25) is 0 Å². The number of piperidine rings is 1. The van der Waals surface area contributed by atoms with Crippen LogP contribution in [0.1, 0.15) is 53.4 Å². The first-order chi connectivity index (χ1) is 12.8. The summed E-state index contributed by atoms with van der Waals surface area (Å²) in [6.45, 7) is 11.6. The van der Waals surface area contributed by atoms with Crippen molar-refractivity contribution in [3.05, 3.63) is 12.4 Å². The van der Waals surface area contributed by atoms with Crippen LogP contribution in [0.3, 0.4) is 0 Å². The average molecular weight is 376 g/mol. The number of nitrogens with two attached hydrogens (primary N) is 1. The van der Waals surface area contributed by atoms with Gasteiger partial charge in [-0.2, -0.15) is 0 Å². The van der Waals surface area contributed by atoms with Crippen LogP contribution in [0.4, 0.5) is 0 Å². The van der Waals surface area contributed by atoms with Crippen LogP contribution in [-0.4, -0.2) is 65.5 Å². The standard InChI is InChI=1S/C19H33BN4O3/c1-18(2)19(3,4)27-20(26-18)15-13-22-17(23-14-15)25-12-8-16-7-5-6-10-24(16)11-9-21/h13-14,16H,5-12,21H2,1-4H3. The minimum Gasteiger partial charge on any atom is -0.463 e. The van der Waals surface area contributed by atoms with Crippen LogP contribution in [0, 0.1) is 0 Å². The molecule has 3 rings (SSSR count). The van der Waals surface area contributed by atoms with E-state index in [0.29, 0.717) is 25.2 Å². The van der Waals surface area contributed by atoms with Crippen molar-refractivity contribution in [3.63, 3.8) is 0 Å². The summed E-state index contributed by atoms with van der Waals surface area (Å²) in [6.07, 6.45) is 8.19. The van der Waals surface area contributed by atoms with Gasteiger partial charge in [-0.3, -0.25) is 4.90 Å². The number of ether oxygens (including phenoxy) is 1. The molecule has 0 amide bonds. The number of nitrogens with zero attached hydrogens (tertiary/aromatic N) is 3. The lowest BCUT2D eigenvalue weighted by Gasteiger charge is -2.35. The Labute approximate surface area is 163 Å². The van der Waals surface area contributed by atoms with Gasteiger partial charge in [0, 0.05) is 37.0 Å². The van der Waals surface area contributed by atoms with Crippen molar-refractivity contribution in [3.8, 4) is 6.01 Å². The van der Waals surface area contributed by atoms with E-state index < -0.39 is 7.12 Å². The fourth-order valence-electron chi connectivity index (χ4n) is 3.63. The van der Waals surface area contributed by atoms with Crippen molar-refractivity contribution in [1.82, 2.24) is 14.9 Å². The van der Waals surface area contributed by atoms with Crippen LogP contribution in [0.5, 0.6) is 6.01 Å². The molecule has 27 heavy (non-hydrogen) atoms. The van der Waals surface area contributed by atoms with Gasteiger partial charge in [-0.05, 0) is 53.5 Å². The van der Waals surface area contributed by atoms with Gasteiger partial charge in [-0.1, -0.05) is 6.42 Å². The lowest BCUT2D eigenvalue weighted by Crippen LogP contribution is -2.43. The Hall–Kier alpha value is -1.22. The third-order valence-electron chi connectivity index (χ3n) is 6.02. The third-order valence-corrected chi connectivity index (χ3v) is 6.02. The highest BCUT2D eigenvalue weighted by atomic mass is 16.7. The maximum atomic E-state index is 6.03. The molecule has 2 aliphatic heterocycles. The van der Waals surface area contributed by atoms with Crippen LogP contribution in [-0.2, 0) is 9.31 Å². The molecule has 2 aliphatic rings. The first-order valence-corrected chi connectivity index (χ1v) is 10.1. The predicted molar refractivity (Wildman–Crippen MR) is 106 cm³/mol. The maximum Gasteiger partial charge on any atom is 0.498 e. The van der Waals surface area contributed by atoms with Crippen molar-refractivity contribution < 1.29 is 14.0 Å². The van der Waals surface area contributed by atoms with E-state index >= 15 is 0 Å².